The van der Waals surface area contributed by atoms with Crippen molar-refractivity contribution in [2.75, 3.05) is 7.11 Å². The summed E-state index contributed by atoms with van der Waals surface area (Å²) in [5.41, 5.74) is 0. The molecule has 0 saturated heterocycles. The average Bonchev–Trinajstić information content (AvgIpc) is 2.59. The first-order chi connectivity index (χ1) is 6.65. The molecule has 0 radical (unpaired) electrons. The summed E-state index contributed by atoms with van der Waals surface area (Å²) in [5.74, 6) is 1.13. The summed E-state index contributed by atoms with van der Waals surface area (Å²) in [6.45, 7) is 2.04. The molecule has 0 aliphatic heterocycles. The van der Waals surface area contributed by atoms with Gasteiger partial charge >= 0.3 is 0 Å². The zero-order valence-corrected chi connectivity index (χ0v) is 9.41. The molecular weight excluding hydrogens is 200 g/mol. The Bertz CT molecular complexity index is 312. The number of methoxy groups -OCH3 is 1. The molecule has 0 saturated carbocycles. The molecule has 0 fully saturated rings. The van der Waals surface area contributed by atoms with Gasteiger partial charge in [-0.2, -0.15) is 0 Å². The summed E-state index contributed by atoms with van der Waals surface area (Å²) >= 11 is 5.02. The van der Waals surface area contributed by atoms with E-state index in [9.17, 15) is 0 Å². The van der Waals surface area contributed by atoms with Gasteiger partial charge in [0, 0.05) is 19.4 Å². The van der Waals surface area contributed by atoms with Crippen LogP contribution in [0.2, 0.25) is 0 Å². The number of aryl methyl sites for hydroxylation is 2. The number of nitrogens with zero attached hydrogens (tertiary/aromatic N) is 4. The molecule has 1 rings (SSSR count). The van der Waals surface area contributed by atoms with Gasteiger partial charge < -0.3 is 4.74 Å². The van der Waals surface area contributed by atoms with Gasteiger partial charge in [0.25, 0.3) is 0 Å². The molecule has 5 nitrogen and oxygen atoms in total. The fourth-order valence-corrected chi connectivity index (χ4v) is 1.24. The van der Waals surface area contributed by atoms with Crippen LogP contribution in [0, 0.1) is 5.92 Å². The monoisotopic (exact) mass is 214 g/mol. The minimum atomic E-state index is 0.256. The molecule has 1 aromatic heterocycles. The van der Waals surface area contributed by atoms with Crippen molar-refractivity contribution in [3.8, 4) is 0 Å². The Balaban J connectivity index is 2.41. The minimum Gasteiger partial charge on any atom is -0.490 e. The van der Waals surface area contributed by atoms with E-state index in [1.54, 1.807) is 11.8 Å². The maximum absolute atomic E-state index is 5.02. The molecule has 0 amide bonds. The Morgan fingerprint density at radius 3 is 2.86 bits per heavy atom. The summed E-state index contributed by atoms with van der Waals surface area (Å²) in [5, 5.41) is 11.8. The molecule has 0 aliphatic rings. The lowest BCUT2D eigenvalue weighted by Gasteiger charge is -2.10. The third-order valence-corrected chi connectivity index (χ3v) is 2.68. The van der Waals surface area contributed by atoms with Crippen molar-refractivity contribution in [3.05, 3.63) is 5.82 Å². The Morgan fingerprint density at radius 1 is 1.64 bits per heavy atom. The highest BCUT2D eigenvalue weighted by molar-refractivity contribution is 7.80. The number of rotatable bonds is 4. The van der Waals surface area contributed by atoms with Crippen molar-refractivity contribution in [2.45, 2.75) is 19.8 Å². The van der Waals surface area contributed by atoms with Crippen LogP contribution in [-0.4, -0.2) is 32.4 Å². The van der Waals surface area contributed by atoms with Gasteiger partial charge in [0.15, 0.2) is 10.9 Å². The molecule has 1 unspecified atom stereocenters. The normalized spacial score (nSPS) is 12.5. The van der Waals surface area contributed by atoms with E-state index in [0.717, 1.165) is 18.7 Å². The molecule has 1 aromatic rings. The van der Waals surface area contributed by atoms with Gasteiger partial charge in [-0.25, -0.2) is 4.68 Å². The number of tetrazole rings is 1. The number of hydrogen-bond donors (Lipinski definition) is 0. The molecule has 0 N–H and O–H groups in total. The van der Waals surface area contributed by atoms with Crippen LogP contribution in [0.15, 0.2) is 0 Å². The van der Waals surface area contributed by atoms with Crippen LogP contribution in [0.4, 0.5) is 0 Å². The maximum atomic E-state index is 5.02. The van der Waals surface area contributed by atoms with Crippen molar-refractivity contribution in [2.24, 2.45) is 13.0 Å². The fraction of sp³-hybridized carbons (Fsp3) is 0.750. The van der Waals surface area contributed by atoms with Crippen LogP contribution in [0.5, 0.6) is 0 Å². The quantitative estimate of drug-likeness (QED) is 0.692. The van der Waals surface area contributed by atoms with Crippen LogP contribution in [0.3, 0.4) is 0 Å². The third-order valence-electron chi connectivity index (χ3n) is 2.11. The Kier molecular flexibility index (Phi) is 3.94. The van der Waals surface area contributed by atoms with Crippen LogP contribution >= 0.6 is 12.2 Å². The smallest absolute Gasteiger partial charge is 0.162 e. The SMILES string of the molecule is COC(=S)C(C)CCc1nnnn1C. The summed E-state index contributed by atoms with van der Waals surface area (Å²) < 4.78 is 6.65. The van der Waals surface area contributed by atoms with E-state index in [0.29, 0.717) is 5.05 Å². The van der Waals surface area contributed by atoms with E-state index >= 15 is 0 Å². The van der Waals surface area contributed by atoms with E-state index in [4.69, 9.17) is 17.0 Å². The van der Waals surface area contributed by atoms with Crippen molar-refractivity contribution < 1.29 is 4.74 Å². The second kappa shape index (κ2) is 4.99. The molecule has 14 heavy (non-hydrogen) atoms. The molecule has 1 atom stereocenters. The molecular formula is C8H14N4OS. The lowest BCUT2D eigenvalue weighted by atomic mass is 10.1. The van der Waals surface area contributed by atoms with Crippen LogP contribution < -0.4 is 0 Å². The lowest BCUT2D eigenvalue weighted by Crippen LogP contribution is -2.12. The number of aromatic nitrogens is 4. The van der Waals surface area contributed by atoms with Crippen LogP contribution in [-0.2, 0) is 18.2 Å². The van der Waals surface area contributed by atoms with E-state index in [1.807, 2.05) is 14.0 Å². The first-order valence-electron chi connectivity index (χ1n) is 4.44. The summed E-state index contributed by atoms with van der Waals surface area (Å²) in [6.07, 6.45) is 1.72. The Hall–Kier alpha value is -1.04. The third kappa shape index (κ3) is 2.73. The Morgan fingerprint density at radius 2 is 2.36 bits per heavy atom. The minimum absolute atomic E-state index is 0.256. The van der Waals surface area contributed by atoms with Gasteiger partial charge in [0.2, 0.25) is 0 Å². The maximum Gasteiger partial charge on any atom is 0.162 e. The van der Waals surface area contributed by atoms with Gasteiger partial charge in [-0.15, -0.1) is 5.10 Å². The summed E-state index contributed by atoms with van der Waals surface area (Å²) in [4.78, 5) is 0. The molecule has 0 aliphatic carbocycles. The van der Waals surface area contributed by atoms with E-state index in [2.05, 4.69) is 15.5 Å². The highest BCUT2D eigenvalue weighted by Crippen LogP contribution is 2.09. The summed E-state index contributed by atoms with van der Waals surface area (Å²) in [6, 6.07) is 0. The molecule has 78 valence electrons. The van der Waals surface area contributed by atoms with Crippen molar-refractivity contribution in [3.63, 3.8) is 0 Å². The van der Waals surface area contributed by atoms with E-state index in [1.165, 1.54) is 0 Å². The standard InChI is InChI=1S/C8H14N4OS/c1-6(8(14)13-3)4-5-7-9-10-11-12(7)2/h6H,4-5H2,1-3H3. The van der Waals surface area contributed by atoms with E-state index in [-0.39, 0.29) is 5.92 Å². The van der Waals surface area contributed by atoms with Crippen molar-refractivity contribution >= 4 is 17.3 Å². The van der Waals surface area contributed by atoms with Crippen LogP contribution in [0.25, 0.3) is 0 Å². The molecule has 0 bridgehead atoms. The molecule has 0 spiro atoms. The number of hydrogen-bond acceptors (Lipinski definition) is 5. The largest absolute Gasteiger partial charge is 0.490 e. The predicted octanol–water partition coefficient (Wildman–Crippen LogP) is 0.753. The van der Waals surface area contributed by atoms with Gasteiger partial charge in [0.05, 0.1) is 7.11 Å². The highest BCUT2D eigenvalue weighted by Gasteiger charge is 2.11. The van der Waals surface area contributed by atoms with Gasteiger partial charge in [0.1, 0.15) is 0 Å². The zero-order valence-electron chi connectivity index (χ0n) is 8.60. The molecule has 1 heterocycles. The van der Waals surface area contributed by atoms with Gasteiger partial charge in [-0.3, -0.25) is 0 Å². The van der Waals surface area contributed by atoms with Gasteiger partial charge in [-0.1, -0.05) is 6.92 Å². The first kappa shape index (κ1) is 11.0. The second-order valence-electron chi connectivity index (χ2n) is 3.18. The predicted molar refractivity (Wildman–Crippen MR) is 55.9 cm³/mol. The van der Waals surface area contributed by atoms with E-state index < -0.39 is 0 Å². The number of thiocarbonyl (C=S) groups is 1. The van der Waals surface area contributed by atoms with Gasteiger partial charge in [-0.05, 0) is 29.1 Å². The Labute approximate surface area is 88.4 Å². The van der Waals surface area contributed by atoms with Crippen molar-refractivity contribution in [1.82, 2.24) is 20.2 Å². The zero-order chi connectivity index (χ0) is 10.6. The fourth-order valence-electron chi connectivity index (χ4n) is 1.12. The second-order valence-corrected chi connectivity index (χ2v) is 3.58. The number of ether oxygens (including phenoxy) is 1. The topological polar surface area (TPSA) is 52.8 Å². The average molecular weight is 214 g/mol. The van der Waals surface area contributed by atoms with Crippen molar-refractivity contribution in [1.29, 1.82) is 0 Å². The molecule has 6 heteroatoms. The lowest BCUT2D eigenvalue weighted by molar-refractivity contribution is 0.377. The molecule has 0 aromatic carbocycles. The highest BCUT2D eigenvalue weighted by atomic mass is 32.1. The summed E-state index contributed by atoms with van der Waals surface area (Å²) in [7, 11) is 3.43. The first-order valence-corrected chi connectivity index (χ1v) is 4.85. The van der Waals surface area contributed by atoms with Crippen LogP contribution in [0.1, 0.15) is 19.2 Å².